The Morgan fingerprint density at radius 1 is 1.45 bits per heavy atom. The molecule has 0 aromatic rings. The molecule has 0 radical (unpaired) electrons. The predicted molar refractivity (Wildman–Crippen MR) is 45.2 cm³/mol. The van der Waals surface area contributed by atoms with Crippen LogP contribution in [0.15, 0.2) is 12.2 Å². The summed E-state index contributed by atoms with van der Waals surface area (Å²) >= 11 is 0. The lowest BCUT2D eigenvalue weighted by Crippen LogP contribution is -1.97. The van der Waals surface area contributed by atoms with E-state index in [2.05, 4.69) is 18.6 Å². The highest BCUT2D eigenvalue weighted by Gasteiger charge is 1.98. The van der Waals surface area contributed by atoms with E-state index in [0.717, 1.165) is 12.8 Å². The van der Waals surface area contributed by atoms with Crippen molar-refractivity contribution in [1.82, 2.24) is 0 Å². The molecule has 2 heteroatoms. The molecule has 0 bridgehead atoms. The molecule has 0 aliphatic rings. The highest BCUT2D eigenvalue weighted by atomic mass is 16.5. The van der Waals surface area contributed by atoms with Gasteiger partial charge in [-0.2, -0.15) is 0 Å². The van der Waals surface area contributed by atoms with E-state index in [0.29, 0.717) is 5.92 Å². The first-order valence-corrected chi connectivity index (χ1v) is 4.00. The minimum Gasteiger partial charge on any atom is -0.466 e. The van der Waals surface area contributed by atoms with Crippen LogP contribution in [0.2, 0.25) is 0 Å². The maximum atomic E-state index is 10.6. The van der Waals surface area contributed by atoms with Crippen molar-refractivity contribution in [1.29, 1.82) is 0 Å². The van der Waals surface area contributed by atoms with Crippen LogP contribution in [0.25, 0.3) is 0 Å². The van der Waals surface area contributed by atoms with Crippen LogP contribution in [-0.4, -0.2) is 13.1 Å². The van der Waals surface area contributed by atoms with Crippen molar-refractivity contribution < 1.29 is 9.53 Å². The molecule has 0 rings (SSSR count). The van der Waals surface area contributed by atoms with Crippen LogP contribution < -0.4 is 0 Å². The van der Waals surface area contributed by atoms with Gasteiger partial charge in [-0.1, -0.05) is 19.9 Å². The van der Waals surface area contributed by atoms with Crippen LogP contribution in [0.3, 0.4) is 0 Å². The molecule has 11 heavy (non-hydrogen) atoms. The summed E-state index contributed by atoms with van der Waals surface area (Å²) in [6.45, 7) is 4.21. The van der Waals surface area contributed by atoms with E-state index in [9.17, 15) is 4.79 Å². The molecule has 2 nitrogen and oxygen atoms in total. The number of hydrogen-bond acceptors (Lipinski definition) is 2. The summed E-state index contributed by atoms with van der Waals surface area (Å²) in [5, 5.41) is 0. The Kier molecular flexibility index (Phi) is 5.53. The highest BCUT2D eigenvalue weighted by Crippen LogP contribution is 2.08. The Balaban J connectivity index is 3.78. The van der Waals surface area contributed by atoms with Crippen molar-refractivity contribution in [2.75, 3.05) is 7.11 Å². The van der Waals surface area contributed by atoms with Gasteiger partial charge >= 0.3 is 5.97 Å². The maximum Gasteiger partial charge on any atom is 0.330 e. The first kappa shape index (κ1) is 10.2. The summed E-state index contributed by atoms with van der Waals surface area (Å²) in [5.74, 6) is 0.242. The third kappa shape index (κ3) is 4.59. The molecular weight excluding hydrogens is 140 g/mol. The van der Waals surface area contributed by atoms with Gasteiger partial charge < -0.3 is 4.74 Å². The summed E-state index contributed by atoms with van der Waals surface area (Å²) in [4.78, 5) is 10.6. The van der Waals surface area contributed by atoms with E-state index in [1.807, 2.05) is 6.08 Å². The van der Waals surface area contributed by atoms with Crippen LogP contribution in [0.1, 0.15) is 26.7 Å². The number of esters is 1. The van der Waals surface area contributed by atoms with E-state index >= 15 is 0 Å². The fourth-order valence-corrected chi connectivity index (χ4v) is 0.844. The zero-order chi connectivity index (χ0) is 8.69. The van der Waals surface area contributed by atoms with Crippen molar-refractivity contribution in [3.8, 4) is 0 Å². The van der Waals surface area contributed by atoms with Crippen LogP contribution in [0.4, 0.5) is 0 Å². The van der Waals surface area contributed by atoms with Gasteiger partial charge in [-0.3, -0.25) is 0 Å². The van der Waals surface area contributed by atoms with Gasteiger partial charge in [-0.05, 0) is 18.8 Å². The second kappa shape index (κ2) is 5.96. The Hall–Kier alpha value is -0.790. The van der Waals surface area contributed by atoms with Crippen LogP contribution >= 0.6 is 0 Å². The average molecular weight is 156 g/mol. The van der Waals surface area contributed by atoms with Gasteiger partial charge in [-0.25, -0.2) is 4.79 Å². The summed E-state index contributed by atoms with van der Waals surface area (Å²) in [7, 11) is 1.39. The standard InChI is InChI=1S/C9H16O2/c1-4-8(5-2)6-7-9(10)11-3/h6-8H,4-5H2,1-3H3/b7-6+. The number of ether oxygens (including phenoxy) is 1. The van der Waals surface area contributed by atoms with Gasteiger partial charge in [0, 0.05) is 6.08 Å². The SMILES string of the molecule is CCC(/C=C/C(=O)OC)CC. The molecule has 0 saturated carbocycles. The largest absolute Gasteiger partial charge is 0.466 e. The lowest BCUT2D eigenvalue weighted by atomic mass is 10.0. The molecule has 0 aliphatic heterocycles. The molecule has 0 aromatic carbocycles. The monoisotopic (exact) mass is 156 g/mol. The number of carbonyl (C=O) groups excluding carboxylic acids is 1. The van der Waals surface area contributed by atoms with Gasteiger partial charge in [0.05, 0.1) is 7.11 Å². The van der Waals surface area contributed by atoms with Gasteiger partial charge in [-0.15, -0.1) is 0 Å². The van der Waals surface area contributed by atoms with Crippen LogP contribution in [0, 0.1) is 5.92 Å². The Morgan fingerprint density at radius 3 is 2.36 bits per heavy atom. The average Bonchev–Trinajstić information content (AvgIpc) is 2.06. The number of allylic oxidation sites excluding steroid dienone is 1. The smallest absolute Gasteiger partial charge is 0.330 e. The summed E-state index contributed by atoms with van der Waals surface area (Å²) in [6.07, 6.45) is 5.55. The normalized spacial score (nSPS) is 10.9. The summed E-state index contributed by atoms with van der Waals surface area (Å²) < 4.78 is 4.46. The quantitative estimate of drug-likeness (QED) is 0.460. The molecule has 0 N–H and O–H groups in total. The summed E-state index contributed by atoms with van der Waals surface area (Å²) in [5.41, 5.74) is 0. The number of hydrogen-bond donors (Lipinski definition) is 0. The van der Waals surface area contributed by atoms with Gasteiger partial charge in [0.25, 0.3) is 0 Å². The number of methoxy groups -OCH3 is 1. The lowest BCUT2D eigenvalue weighted by Gasteiger charge is -2.03. The van der Waals surface area contributed by atoms with Gasteiger partial charge in [0.2, 0.25) is 0 Å². The molecule has 0 aromatic heterocycles. The van der Waals surface area contributed by atoms with E-state index in [-0.39, 0.29) is 5.97 Å². The third-order valence-electron chi connectivity index (χ3n) is 1.75. The Morgan fingerprint density at radius 2 is 2.00 bits per heavy atom. The molecule has 0 saturated heterocycles. The van der Waals surface area contributed by atoms with Crippen molar-refractivity contribution >= 4 is 5.97 Å². The van der Waals surface area contributed by atoms with Crippen molar-refractivity contribution in [3.05, 3.63) is 12.2 Å². The molecule has 0 fully saturated rings. The number of carbonyl (C=O) groups is 1. The van der Waals surface area contributed by atoms with Crippen molar-refractivity contribution in [2.45, 2.75) is 26.7 Å². The van der Waals surface area contributed by atoms with E-state index in [1.54, 1.807) is 0 Å². The van der Waals surface area contributed by atoms with Crippen molar-refractivity contribution in [3.63, 3.8) is 0 Å². The zero-order valence-corrected chi connectivity index (χ0v) is 7.46. The first-order chi connectivity index (χ1) is 5.24. The molecule has 0 atom stereocenters. The molecule has 0 amide bonds. The van der Waals surface area contributed by atoms with E-state index < -0.39 is 0 Å². The Labute approximate surface area is 68.2 Å². The Bertz CT molecular complexity index is 134. The second-order valence-electron chi connectivity index (χ2n) is 2.46. The minimum atomic E-state index is -0.267. The van der Waals surface area contributed by atoms with Gasteiger partial charge in [0.1, 0.15) is 0 Å². The second-order valence-corrected chi connectivity index (χ2v) is 2.46. The lowest BCUT2D eigenvalue weighted by molar-refractivity contribution is -0.134. The predicted octanol–water partition coefficient (Wildman–Crippen LogP) is 2.15. The minimum absolute atomic E-state index is 0.267. The maximum absolute atomic E-state index is 10.6. The zero-order valence-electron chi connectivity index (χ0n) is 7.46. The molecule has 0 unspecified atom stereocenters. The molecule has 64 valence electrons. The topological polar surface area (TPSA) is 26.3 Å². The van der Waals surface area contributed by atoms with Gasteiger partial charge in [0.15, 0.2) is 0 Å². The fraction of sp³-hybridized carbons (Fsp3) is 0.667. The summed E-state index contributed by atoms with van der Waals surface area (Å²) in [6, 6.07) is 0. The molecule has 0 spiro atoms. The van der Waals surface area contributed by atoms with Crippen LogP contribution in [0.5, 0.6) is 0 Å². The van der Waals surface area contributed by atoms with Crippen LogP contribution in [-0.2, 0) is 9.53 Å². The molecule has 0 aliphatic carbocycles. The van der Waals surface area contributed by atoms with Crippen molar-refractivity contribution in [2.24, 2.45) is 5.92 Å². The fourth-order valence-electron chi connectivity index (χ4n) is 0.844. The molecular formula is C9H16O2. The number of rotatable bonds is 4. The van der Waals surface area contributed by atoms with E-state index in [4.69, 9.17) is 0 Å². The van der Waals surface area contributed by atoms with E-state index in [1.165, 1.54) is 13.2 Å². The third-order valence-corrected chi connectivity index (χ3v) is 1.75. The highest BCUT2D eigenvalue weighted by molar-refractivity contribution is 5.81. The molecule has 0 heterocycles. The first-order valence-electron chi connectivity index (χ1n) is 4.00.